The molecule has 3 rings (SSSR count). The Bertz CT molecular complexity index is 673. The molecular formula is C12H8N2O4. The van der Waals surface area contributed by atoms with Crippen LogP contribution in [0.1, 0.15) is 0 Å². The predicted octanol–water partition coefficient (Wildman–Crippen LogP) is 2.41. The van der Waals surface area contributed by atoms with Gasteiger partial charge in [0, 0.05) is 0 Å². The monoisotopic (exact) mass is 244 g/mol. The van der Waals surface area contributed by atoms with E-state index < -0.39 is 0 Å². The lowest BCUT2D eigenvalue weighted by Gasteiger charge is -1.99. The SMILES string of the molecule is Oc1ccc(O)c(-c2nc(-c3ccoc3)no2)c1. The number of hydrogen-bond acceptors (Lipinski definition) is 6. The van der Waals surface area contributed by atoms with Crippen molar-refractivity contribution in [1.82, 2.24) is 10.1 Å². The van der Waals surface area contributed by atoms with Crippen LogP contribution < -0.4 is 0 Å². The van der Waals surface area contributed by atoms with Crippen LogP contribution in [0.5, 0.6) is 11.5 Å². The molecule has 0 aliphatic rings. The number of phenolic OH excluding ortho intramolecular Hbond substituents is 2. The van der Waals surface area contributed by atoms with Crippen molar-refractivity contribution in [3.8, 4) is 34.3 Å². The third kappa shape index (κ3) is 1.69. The fourth-order valence-electron chi connectivity index (χ4n) is 1.54. The molecule has 18 heavy (non-hydrogen) atoms. The first-order valence-corrected chi connectivity index (χ1v) is 5.12. The second-order valence-electron chi connectivity index (χ2n) is 3.64. The number of aromatic hydroxyl groups is 2. The molecule has 0 saturated heterocycles. The molecule has 2 N–H and O–H groups in total. The summed E-state index contributed by atoms with van der Waals surface area (Å²) in [6, 6.07) is 5.76. The van der Waals surface area contributed by atoms with E-state index in [0.717, 1.165) is 0 Å². The van der Waals surface area contributed by atoms with Gasteiger partial charge < -0.3 is 19.2 Å². The second kappa shape index (κ2) is 3.92. The summed E-state index contributed by atoms with van der Waals surface area (Å²) in [5, 5.41) is 22.8. The molecule has 3 aromatic rings. The van der Waals surface area contributed by atoms with Gasteiger partial charge in [-0.05, 0) is 24.3 Å². The van der Waals surface area contributed by atoms with Crippen molar-refractivity contribution in [3.05, 3.63) is 36.8 Å². The maximum atomic E-state index is 9.67. The molecule has 6 nitrogen and oxygen atoms in total. The Hall–Kier alpha value is -2.76. The molecule has 0 aliphatic heterocycles. The summed E-state index contributed by atoms with van der Waals surface area (Å²) in [6.07, 6.45) is 2.98. The van der Waals surface area contributed by atoms with E-state index in [1.165, 1.54) is 30.7 Å². The molecule has 0 fully saturated rings. The average molecular weight is 244 g/mol. The van der Waals surface area contributed by atoms with Gasteiger partial charge >= 0.3 is 0 Å². The van der Waals surface area contributed by atoms with E-state index in [1.807, 2.05) is 0 Å². The van der Waals surface area contributed by atoms with Crippen LogP contribution in [0.3, 0.4) is 0 Å². The number of benzene rings is 1. The number of phenols is 2. The number of hydrogen-bond donors (Lipinski definition) is 2. The first-order valence-electron chi connectivity index (χ1n) is 5.12. The lowest BCUT2D eigenvalue weighted by atomic mass is 10.2. The first-order chi connectivity index (χ1) is 8.74. The molecule has 0 amide bonds. The Morgan fingerprint density at radius 2 is 2.00 bits per heavy atom. The maximum Gasteiger partial charge on any atom is 0.262 e. The largest absolute Gasteiger partial charge is 0.508 e. The minimum Gasteiger partial charge on any atom is -0.508 e. The highest BCUT2D eigenvalue weighted by atomic mass is 16.5. The van der Waals surface area contributed by atoms with Crippen LogP contribution in [0.4, 0.5) is 0 Å². The van der Waals surface area contributed by atoms with E-state index in [9.17, 15) is 10.2 Å². The maximum absolute atomic E-state index is 9.67. The average Bonchev–Trinajstić information content (AvgIpc) is 3.00. The topological polar surface area (TPSA) is 92.5 Å². The summed E-state index contributed by atoms with van der Waals surface area (Å²) in [5.41, 5.74) is 0.946. The zero-order valence-electron chi connectivity index (χ0n) is 9.07. The van der Waals surface area contributed by atoms with Gasteiger partial charge in [0.25, 0.3) is 5.89 Å². The fourth-order valence-corrected chi connectivity index (χ4v) is 1.54. The van der Waals surface area contributed by atoms with Gasteiger partial charge in [-0.25, -0.2) is 0 Å². The highest BCUT2D eigenvalue weighted by Gasteiger charge is 2.15. The summed E-state index contributed by atoms with van der Waals surface area (Å²) in [5.74, 6) is 0.433. The summed E-state index contributed by atoms with van der Waals surface area (Å²) in [4.78, 5) is 4.12. The summed E-state index contributed by atoms with van der Waals surface area (Å²) in [6.45, 7) is 0. The standard InChI is InChI=1S/C12H8N2O4/c15-8-1-2-10(16)9(5-8)12-13-11(14-18-12)7-3-4-17-6-7/h1-6,15-16H. The fraction of sp³-hybridized carbons (Fsp3) is 0. The van der Waals surface area contributed by atoms with Gasteiger partial charge in [-0.3, -0.25) is 0 Å². The third-order valence-electron chi connectivity index (χ3n) is 2.42. The molecule has 90 valence electrons. The van der Waals surface area contributed by atoms with E-state index >= 15 is 0 Å². The predicted molar refractivity (Wildman–Crippen MR) is 60.8 cm³/mol. The van der Waals surface area contributed by atoms with Crippen LogP contribution in [-0.2, 0) is 0 Å². The van der Waals surface area contributed by atoms with E-state index in [4.69, 9.17) is 8.94 Å². The second-order valence-corrected chi connectivity index (χ2v) is 3.64. The van der Waals surface area contributed by atoms with Crippen molar-refractivity contribution in [3.63, 3.8) is 0 Å². The highest BCUT2D eigenvalue weighted by Crippen LogP contribution is 2.32. The van der Waals surface area contributed by atoms with Gasteiger partial charge in [0.15, 0.2) is 0 Å². The molecule has 0 atom stereocenters. The quantitative estimate of drug-likeness (QED) is 0.672. The van der Waals surface area contributed by atoms with Crippen molar-refractivity contribution >= 4 is 0 Å². The number of nitrogens with zero attached hydrogens (tertiary/aromatic N) is 2. The van der Waals surface area contributed by atoms with E-state index in [0.29, 0.717) is 11.4 Å². The Kier molecular flexibility index (Phi) is 2.26. The Morgan fingerprint density at radius 3 is 2.78 bits per heavy atom. The van der Waals surface area contributed by atoms with Crippen molar-refractivity contribution in [2.75, 3.05) is 0 Å². The molecule has 2 heterocycles. The third-order valence-corrected chi connectivity index (χ3v) is 2.42. The van der Waals surface area contributed by atoms with Gasteiger partial charge in [0.05, 0.1) is 17.4 Å². The zero-order chi connectivity index (χ0) is 12.5. The normalized spacial score (nSPS) is 10.7. The van der Waals surface area contributed by atoms with Gasteiger partial charge in [0.1, 0.15) is 17.8 Å². The Labute approximate surface area is 101 Å². The molecule has 2 aromatic heterocycles. The van der Waals surface area contributed by atoms with Gasteiger partial charge in [-0.15, -0.1) is 0 Å². The van der Waals surface area contributed by atoms with Crippen LogP contribution in [0.15, 0.2) is 45.7 Å². The van der Waals surface area contributed by atoms with Gasteiger partial charge in [0.2, 0.25) is 5.82 Å². The molecule has 0 aliphatic carbocycles. The summed E-state index contributed by atoms with van der Waals surface area (Å²) in [7, 11) is 0. The molecular weight excluding hydrogens is 236 g/mol. The first kappa shape index (κ1) is 10.4. The molecule has 1 aromatic carbocycles. The Balaban J connectivity index is 2.05. The number of aromatic nitrogens is 2. The van der Waals surface area contributed by atoms with E-state index in [-0.39, 0.29) is 23.0 Å². The summed E-state index contributed by atoms with van der Waals surface area (Å²) >= 11 is 0. The van der Waals surface area contributed by atoms with Crippen LogP contribution in [0.25, 0.3) is 22.8 Å². The van der Waals surface area contributed by atoms with Crippen molar-refractivity contribution in [2.45, 2.75) is 0 Å². The van der Waals surface area contributed by atoms with Crippen molar-refractivity contribution < 1.29 is 19.2 Å². The molecule has 0 bridgehead atoms. The number of rotatable bonds is 2. The van der Waals surface area contributed by atoms with E-state index in [1.54, 1.807) is 6.07 Å². The molecule has 0 saturated carbocycles. The van der Waals surface area contributed by atoms with Crippen molar-refractivity contribution in [2.24, 2.45) is 0 Å². The number of furan rings is 1. The molecule has 0 unspecified atom stereocenters. The molecule has 6 heteroatoms. The molecule has 0 radical (unpaired) electrons. The van der Waals surface area contributed by atoms with Crippen molar-refractivity contribution in [1.29, 1.82) is 0 Å². The van der Waals surface area contributed by atoms with Crippen LogP contribution in [0.2, 0.25) is 0 Å². The minimum atomic E-state index is -0.0461. The van der Waals surface area contributed by atoms with Gasteiger partial charge in [-0.2, -0.15) is 4.98 Å². The van der Waals surface area contributed by atoms with Crippen LogP contribution in [0, 0.1) is 0 Å². The Morgan fingerprint density at radius 1 is 1.11 bits per heavy atom. The van der Waals surface area contributed by atoms with Gasteiger partial charge in [-0.1, -0.05) is 5.16 Å². The van der Waals surface area contributed by atoms with Crippen LogP contribution >= 0.6 is 0 Å². The van der Waals surface area contributed by atoms with Crippen LogP contribution in [-0.4, -0.2) is 20.4 Å². The highest BCUT2D eigenvalue weighted by molar-refractivity contribution is 5.66. The minimum absolute atomic E-state index is 0.00543. The summed E-state index contributed by atoms with van der Waals surface area (Å²) < 4.78 is 9.95. The van der Waals surface area contributed by atoms with E-state index in [2.05, 4.69) is 10.1 Å². The lowest BCUT2D eigenvalue weighted by molar-refractivity contribution is 0.423. The zero-order valence-corrected chi connectivity index (χ0v) is 9.07. The lowest BCUT2D eigenvalue weighted by Crippen LogP contribution is -1.80. The smallest absolute Gasteiger partial charge is 0.262 e. The molecule has 0 spiro atoms.